The van der Waals surface area contributed by atoms with Crippen molar-refractivity contribution in [3.63, 3.8) is 0 Å². The fourth-order valence-electron chi connectivity index (χ4n) is 1.41. The lowest BCUT2D eigenvalue weighted by Gasteiger charge is -2.17. The Balaban J connectivity index is 2.63. The Labute approximate surface area is 74.9 Å². The zero-order valence-corrected chi connectivity index (χ0v) is 6.91. The molecule has 0 unspecified atom stereocenters. The number of hydrogen-bond acceptors (Lipinski definition) is 4. The largest absolute Gasteiger partial charge is 0.508 e. The SMILES string of the molecule is Nc1cc(O)cc2c1C(=O)CCO2. The van der Waals surface area contributed by atoms with Gasteiger partial charge in [0.05, 0.1) is 12.2 Å². The summed E-state index contributed by atoms with van der Waals surface area (Å²) in [6.07, 6.45) is 0.349. The van der Waals surface area contributed by atoms with E-state index in [9.17, 15) is 9.90 Å². The van der Waals surface area contributed by atoms with Gasteiger partial charge in [-0.2, -0.15) is 0 Å². The van der Waals surface area contributed by atoms with E-state index in [1.807, 2.05) is 0 Å². The number of carbonyl (C=O) groups excluding carboxylic acids is 1. The van der Waals surface area contributed by atoms with Crippen LogP contribution >= 0.6 is 0 Å². The van der Waals surface area contributed by atoms with Gasteiger partial charge >= 0.3 is 0 Å². The number of ether oxygens (including phenoxy) is 1. The molecule has 0 aromatic heterocycles. The molecule has 0 saturated carbocycles. The number of hydrogen-bond donors (Lipinski definition) is 2. The third kappa shape index (κ3) is 1.20. The standard InChI is InChI=1S/C9H9NO3/c10-6-3-5(11)4-8-9(6)7(12)1-2-13-8/h3-4,11H,1-2,10H2. The molecule has 68 valence electrons. The first kappa shape index (κ1) is 7.91. The Morgan fingerprint density at radius 2 is 2.23 bits per heavy atom. The van der Waals surface area contributed by atoms with Crippen LogP contribution in [0.15, 0.2) is 12.1 Å². The second-order valence-electron chi connectivity index (χ2n) is 2.93. The lowest BCUT2D eigenvalue weighted by Crippen LogP contribution is -2.16. The molecule has 2 rings (SSSR count). The van der Waals surface area contributed by atoms with Crippen LogP contribution in [0.2, 0.25) is 0 Å². The van der Waals surface area contributed by atoms with E-state index < -0.39 is 0 Å². The summed E-state index contributed by atoms with van der Waals surface area (Å²) in [5.74, 6) is 0.374. The number of carbonyl (C=O) groups is 1. The Morgan fingerprint density at radius 3 is 3.00 bits per heavy atom. The molecule has 0 amide bonds. The van der Waals surface area contributed by atoms with Gasteiger partial charge in [0, 0.05) is 24.2 Å². The number of anilines is 1. The normalized spacial score (nSPS) is 14.9. The molecule has 0 atom stereocenters. The first-order valence-corrected chi connectivity index (χ1v) is 3.97. The van der Waals surface area contributed by atoms with Crippen LogP contribution < -0.4 is 10.5 Å². The van der Waals surface area contributed by atoms with Crippen molar-refractivity contribution in [1.82, 2.24) is 0 Å². The monoisotopic (exact) mass is 179 g/mol. The quantitative estimate of drug-likeness (QED) is 0.581. The maximum absolute atomic E-state index is 11.4. The predicted octanol–water partition coefficient (Wildman–Crippen LogP) is 0.940. The fourth-order valence-corrected chi connectivity index (χ4v) is 1.41. The van der Waals surface area contributed by atoms with Gasteiger partial charge in [-0.15, -0.1) is 0 Å². The van der Waals surface area contributed by atoms with E-state index in [1.165, 1.54) is 12.1 Å². The summed E-state index contributed by atoms with van der Waals surface area (Å²) in [6, 6.07) is 2.76. The van der Waals surface area contributed by atoms with Crippen molar-refractivity contribution < 1.29 is 14.6 Å². The van der Waals surface area contributed by atoms with Crippen LogP contribution in [0.4, 0.5) is 5.69 Å². The van der Waals surface area contributed by atoms with Gasteiger partial charge in [0.25, 0.3) is 0 Å². The topological polar surface area (TPSA) is 72.5 Å². The maximum Gasteiger partial charge on any atom is 0.172 e. The average molecular weight is 179 g/mol. The van der Waals surface area contributed by atoms with Gasteiger partial charge in [0.1, 0.15) is 11.5 Å². The average Bonchev–Trinajstić information content (AvgIpc) is 2.02. The minimum atomic E-state index is -0.0289. The number of fused-ring (bicyclic) bond motifs is 1. The van der Waals surface area contributed by atoms with Gasteiger partial charge < -0.3 is 15.6 Å². The summed E-state index contributed by atoms with van der Waals surface area (Å²) in [6.45, 7) is 0.356. The van der Waals surface area contributed by atoms with Crippen molar-refractivity contribution in [3.05, 3.63) is 17.7 Å². The van der Waals surface area contributed by atoms with E-state index in [1.54, 1.807) is 0 Å². The number of Topliss-reactive ketones (excluding diaryl/α,β-unsaturated/α-hetero) is 1. The van der Waals surface area contributed by atoms with Gasteiger partial charge in [-0.3, -0.25) is 4.79 Å². The van der Waals surface area contributed by atoms with Gasteiger partial charge in [0.15, 0.2) is 5.78 Å². The number of ketones is 1. The van der Waals surface area contributed by atoms with Crippen molar-refractivity contribution in [3.8, 4) is 11.5 Å². The highest BCUT2D eigenvalue weighted by molar-refractivity contribution is 6.04. The van der Waals surface area contributed by atoms with Crippen molar-refractivity contribution in [2.75, 3.05) is 12.3 Å². The molecule has 3 N–H and O–H groups in total. The highest BCUT2D eigenvalue weighted by atomic mass is 16.5. The first-order chi connectivity index (χ1) is 6.18. The van der Waals surface area contributed by atoms with E-state index in [0.717, 1.165) is 0 Å². The van der Waals surface area contributed by atoms with Gasteiger partial charge in [-0.05, 0) is 0 Å². The van der Waals surface area contributed by atoms with E-state index in [0.29, 0.717) is 24.3 Å². The smallest absolute Gasteiger partial charge is 0.172 e. The first-order valence-electron chi connectivity index (χ1n) is 3.97. The van der Waals surface area contributed by atoms with Gasteiger partial charge in [-0.25, -0.2) is 0 Å². The van der Waals surface area contributed by atoms with Crippen LogP contribution in [-0.4, -0.2) is 17.5 Å². The lowest BCUT2D eigenvalue weighted by molar-refractivity contribution is 0.0934. The van der Waals surface area contributed by atoms with Crippen LogP contribution in [0.1, 0.15) is 16.8 Å². The number of rotatable bonds is 0. The molecule has 1 aromatic rings. The molecule has 0 aliphatic carbocycles. The summed E-state index contributed by atoms with van der Waals surface area (Å²) < 4.78 is 5.19. The molecular formula is C9H9NO3. The molecule has 0 saturated heterocycles. The molecular weight excluding hydrogens is 170 g/mol. The second kappa shape index (κ2) is 2.65. The minimum absolute atomic E-state index is 0.0194. The zero-order chi connectivity index (χ0) is 9.42. The van der Waals surface area contributed by atoms with Crippen LogP contribution in [0.3, 0.4) is 0 Å². The molecule has 0 bridgehead atoms. The maximum atomic E-state index is 11.4. The molecule has 0 fully saturated rings. The van der Waals surface area contributed by atoms with Crippen LogP contribution in [0.5, 0.6) is 11.5 Å². The fraction of sp³-hybridized carbons (Fsp3) is 0.222. The Kier molecular flexibility index (Phi) is 1.62. The minimum Gasteiger partial charge on any atom is -0.508 e. The molecule has 0 radical (unpaired) electrons. The third-order valence-electron chi connectivity index (χ3n) is 1.98. The van der Waals surface area contributed by atoms with Gasteiger partial charge in [0.2, 0.25) is 0 Å². The zero-order valence-electron chi connectivity index (χ0n) is 6.91. The van der Waals surface area contributed by atoms with E-state index >= 15 is 0 Å². The molecule has 1 heterocycles. The summed E-state index contributed by atoms with van der Waals surface area (Å²) in [4.78, 5) is 11.4. The highest BCUT2D eigenvalue weighted by Crippen LogP contribution is 2.33. The molecule has 0 spiro atoms. The molecule has 1 aromatic carbocycles. The van der Waals surface area contributed by atoms with Crippen LogP contribution in [0, 0.1) is 0 Å². The third-order valence-corrected chi connectivity index (χ3v) is 1.98. The number of nitrogens with two attached hydrogens (primary N) is 1. The molecule has 1 aliphatic heterocycles. The number of phenolic OH excluding ortho intramolecular Hbond substituents is 1. The predicted molar refractivity (Wildman–Crippen MR) is 47.0 cm³/mol. The molecule has 4 nitrogen and oxygen atoms in total. The summed E-state index contributed by atoms with van der Waals surface area (Å²) in [5, 5.41) is 9.18. The number of benzene rings is 1. The summed E-state index contributed by atoms with van der Waals surface area (Å²) in [7, 11) is 0. The highest BCUT2D eigenvalue weighted by Gasteiger charge is 2.21. The number of phenols is 1. The number of aromatic hydroxyl groups is 1. The molecule has 13 heavy (non-hydrogen) atoms. The van der Waals surface area contributed by atoms with Crippen LogP contribution in [0.25, 0.3) is 0 Å². The molecule has 1 aliphatic rings. The van der Waals surface area contributed by atoms with E-state index in [4.69, 9.17) is 10.5 Å². The van der Waals surface area contributed by atoms with E-state index in [2.05, 4.69) is 0 Å². The van der Waals surface area contributed by atoms with Crippen molar-refractivity contribution in [2.45, 2.75) is 6.42 Å². The Bertz CT molecular complexity index is 373. The summed E-state index contributed by atoms with van der Waals surface area (Å²) >= 11 is 0. The molecule has 4 heteroatoms. The number of nitrogen functional groups attached to an aromatic ring is 1. The van der Waals surface area contributed by atoms with Crippen molar-refractivity contribution >= 4 is 11.5 Å². The second-order valence-corrected chi connectivity index (χ2v) is 2.93. The summed E-state index contributed by atoms with van der Waals surface area (Å²) in [5.41, 5.74) is 6.24. The van der Waals surface area contributed by atoms with Crippen molar-refractivity contribution in [1.29, 1.82) is 0 Å². The van der Waals surface area contributed by atoms with Crippen molar-refractivity contribution in [2.24, 2.45) is 0 Å². The Morgan fingerprint density at radius 1 is 1.46 bits per heavy atom. The van der Waals surface area contributed by atoms with E-state index in [-0.39, 0.29) is 17.2 Å². The van der Waals surface area contributed by atoms with Crippen LogP contribution in [-0.2, 0) is 0 Å². The van der Waals surface area contributed by atoms with Gasteiger partial charge in [-0.1, -0.05) is 0 Å². The lowest BCUT2D eigenvalue weighted by atomic mass is 10.0. The Hall–Kier alpha value is -1.71.